The van der Waals surface area contributed by atoms with Crippen LogP contribution < -0.4 is 9.47 Å². The van der Waals surface area contributed by atoms with Gasteiger partial charge >= 0.3 is 10.1 Å². The molecule has 7 nitrogen and oxygen atoms in total. The van der Waals surface area contributed by atoms with Crippen LogP contribution >= 0.6 is 0 Å². The second-order valence-electron chi connectivity index (χ2n) is 5.85. The van der Waals surface area contributed by atoms with Gasteiger partial charge in [0.1, 0.15) is 11.5 Å². The van der Waals surface area contributed by atoms with Gasteiger partial charge < -0.3 is 9.47 Å². The molecule has 0 N–H and O–H groups in total. The maximum Gasteiger partial charge on any atom is 0.317 e. The number of hydroxylamine groups is 2. The largest absolute Gasteiger partial charge is 0.496 e. The minimum absolute atomic E-state index is 0.0577. The predicted octanol–water partition coefficient (Wildman–Crippen LogP) is 3.25. The quantitative estimate of drug-likeness (QED) is 0.590. The topological polar surface area (TPSA) is 82.1 Å². The Morgan fingerprint density at radius 1 is 0.893 bits per heavy atom. The Bertz CT molecular complexity index is 1110. The van der Waals surface area contributed by atoms with E-state index in [9.17, 15) is 13.2 Å². The summed E-state index contributed by atoms with van der Waals surface area (Å²) in [5.41, 5.74) is 0.115. The van der Waals surface area contributed by atoms with Crippen molar-refractivity contribution in [2.75, 3.05) is 21.3 Å². The van der Waals surface area contributed by atoms with Gasteiger partial charge in [-0.2, -0.15) is 8.42 Å². The third kappa shape index (κ3) is 3.64. The van der Waals surface area contributed by atoms with Crippen LogP contribution in [0.15, 0.2) is 65.6 Å². The minimum Gasteiger partial charge on any atom is -0.496 e. The van der Waals surface area contributed by atoms with E-state index in [1.54, 1.807) is 30.3 Å². The van der Waals surface area contributed by atoms with Gasteiger partial charge in [-0.3, -0.25) is 4.79 Å². The summed E-state index contributed by atoms with van der Waals surface area (Å²) in [6.07, 6.45) is 0. The number of benzene rings is 3. The lowest BCUT2D eigenvalue weighted by Crippen LogP contribution is -2.30. The molecule has 0 aromatic heterocycles. The van der Waals surface area contributed by atoms with Crippen LogP contribution in [0, 0.1) is 0 Å². The number of fused-ring (bicyclic) bond motifs is 1. The highest BCUT2D eigenvalue weighted by Crippen LogP contribution is 2.37. The van der Waals surface area contributed by atoms with E-state index in [-0.39, 0.29) is 10.5 Å². The molecule has 3 rings (SSSR count). The molecule has 3 aromatic carbocycles. The van der Waals surface area contributed by atoms with Crippen molar-refractivity contribution in [1.82, 2.24) is 5.06 Å². The zero-order chi connectivity index (χ0) is 20.3. The van der Waals surface area contributed by atoms with Gasteiger partial charge in [-0.15, -0.1) is 4.28 Å². The average molecular weight is 401 g/mol. The van der Waals surface area contributed by atoms with Crippen molar-refractivity contribution in [1.29, 1.82) is 0 Å². The van der Waals surface area contributed by atoms with Crippen LogP contribution in [0.4, 0.5) is 0 Å². The summed E-state index contributed by atoms with van der Waals surface area (Å²) < 4.78 is 40.6. The molecule has 0 radical (unpaired) electrons. The zero-order valence-electron chi connectivity index (χ0n) is 15.6. The molecule has 0 aliphatic rings. The van der Waals surface area contributed by atoms with Crippen molar-refractivity contribution in [2.24, 2.45) is 0 Å². The van der Waals surface area contributed by atoms with E-state index in [4.69, 9.17) is 13.8 Å². The van der Waals surface area contributed by atoms with Crippen molar-refractivity contribution in [3.63, 3.8) is 0 Å². The molecule has 146 valence electrons. The molecule has 3 aromatic rings. The highest BCUT2D eigenvalue weighted by Gasteiger charge is 2.26. The van der Waals surface area contributed by atoms with Gasteiger partial charge in [0, 0.05) is 17.8 Å². The molecule has 0 atom stereocenters. The van der Waals surface area contributed by atoms with Gasteiger partial charge in [-0.25, -0.2) is 5.06 Å². The van der Waals surface area contributed by atoms with Crippen LogP contribution in [0.5, 0.6) is 11.5 Å². The third-order valence-electron chi connectivity index (χ3n) is 4.14. The summed E-state index contributed by atoms with van der Waals surface area (Å²) >= 11 is 0. The summed E-state index contributed by atoms with van der Waals surface area (Å²) in [5, 5.41) is 2.08. The van der Waals surface area contributed by atoms with Crippen LogP contribution in [-0.2, 0) is 14.4 Å². The molecule has 8 heteroatoms. The van der Waals surface area contributed by atoms with Gasteiger partial charge in [-0.05, 0) is 18.2 Å². The summed E-state index contributed by atoms with van der Waals surface area (Å²) in [6, 6.07) is 16.3. The van der Waals surface area contributed by atoms with Crippen molar-refractivity contribution in [3.05, 3.63) is 66.2 Å². The number of methoxy groups -OCH3 is 2. The van der Waals surface area contributed by atoms with Crippen LogP contribution in [0.1, 0.15) is 10.4 Å². The normalized spacial score (nSPS) is 11.2. The van der Waals surface area contributed by atoms with E-state index in [0.717, 1.165) is 5.39 Å². The van der Waals surface area contributed by atoms with E-state index in [1.165, 1.54) is 39.5 Å². The summed E-state index contributed by atoms with van der Waals surface area (Å²) in [4.78, 5) is 12.9. The first kappa shape index (κ1) is 19.7. The Morgan fingerprint density at radius 2 is 1.50 bits per heavy atom. The van der Waals surface area contributed by atoms with Crippen molar-refractivity contribution in [3.8, 4) is 11.5 Å². The summed E-state index contributed by atoms with van der Waals surface area (Å²) in [6.45, 7) is 0. The number of ether oxygens (including phenoxy) is 2. The first-order valence-corrected chi connectivity index (χ1v) is 9.71. The molecule has 0 unspecified atom stereocenters. The third-order valence-corrected chi connectivity index (χ3v) is 5.41. The molecule has 0 saturated carbocycles. The molecule has 28 heavy (non-hydrogen) atoms. The Hall–Kier alpha value is -3.10. The molecular formula is C20H19NO6S. The number of rotatable bonds is 6. The molecular weight excluding hydrogens is 382 g/mol. The molecule has 1 amide bonds. The van der Waals surface area contributed by atoms with E-state index in [1.807, 2.05) is 12.1 Å². The molecule has 0 aliphatic carbocycles. The number of carbonyl (C=O) groups is 1. The van der Waals surface area contributed by atoms with Crippen molar-refractivity contribution in [2.45, 2.75) is 4.90 Å². The molecule has 0 spiro atoms. The van der Waals surface area contributed by atoms with Crippen LogP contribution in [0.2, 0.25) is 0 Å². The molecule has 0 aliphatic heterocycles. The first-order chi connectivity index (χ1) is 13.4. The van der Waals surface area contributed by atoms with Crippen molar-refractivity contribution < 1.29 is 27.0 Å². The standard InChI is InChI=1S/C20H19NO6S/c1-21(27-28(23,24)14-9-5-4-6-10-14)20(22)17-13-18(25-2)15-11-7-8-12-16(15)19(17)26-3/h4-13H,1-3H3. The molecule has 0 bridgehead atoms. The van der Waals surface area contributed by atoms with Gasteiger partial charge in [0.2, 0.25) is 0 Å². The Morgan fingerprint density at radius 3 is 2.11 bits per heavy atom. The average Bonchev–Trinajstić information content (AvgIpc) is 2.72. The number of hydrogen-bond donors (Lipinski definition) is 0. The lowest BCUT2D eigenvalue weighted by atomic mass is 10.0. The first-order valence-electron chi connectivity index (χ1n) is 8.30. The highest BCUT2D eigenvalue weighted by molar-refractivity contribution is 7.86. The van der Waals surface area contributed by atoms with Crippen LogP contribution in [0.25, 0.3) is 10.8 Å². The fraction of sp³-hybridized carbons (Fsp3) is 0.150. The van der Waals surface area contributed by atoms with E-state index in [0.29, 0.717) is 21.9 Å². The van der Waals surface area contributed by atoms with Crippen molar-refractivity contribution >= 4 is 26.8 Å². The molecule has 0 heterocycles. The smallest absolute Gasteiger partial charge is 0.317 e. The lowest BCUT2D eigenvalue weighted by molar-refractivity contribution is -0.00903. The predicted molar refractivity (Wildman–Crippen MR) is 104 cm³/mol. The highest BCUT2D eigenvalue weighted by atomic mass is 32.2. The molecule has 0 saturated heterocycles. The van der Waals surface area contributed by atoms with Crippen LogP contribution in [-0.4, -0.2) is 40.7 Å². The summed E-state index contributed by atoms with van der Waals surface area (Å²) in [7, 11) is -0.00537. The van der Waals surface area contributed by atoms with E-state index in [2.05, 4.69) is 0 Å². The maximum atomic E-state index is 12.9. The Labute approximate surface area is 163 Å². The van der Waals surface area contributed by atoms with Crippen LogP contribution in [0.3, 0.4) is 0 Å². The fourth-order valence-corrected chi connectivity index (χ4v) is 3.78. The number of carbonyl (C=O) groups excluding carboxylic acids is 1. The number of amides is 1. The van der Waals surface area contributed by atoms with Gasteiger partial charge in [0.15, 0.2) is 0 Å². The lowest BCUT2D eigenvalue weighted by Gasteiger charge is -2.19. The van der Waals surface area contributed by atoms with Gasteiger partial charge in [-0.1, -0.05) is 42.5 Å². The fourth-order valence-electron chi connectivity index (χ4n) is 2.84. The second kappa shape index (κ2) is 7.87. The number of nitrogens with zero attached hydrogens (tertiary/aromatic N) is 1. The number of hydrogen-bond acceptors (Lipinski definition) is 6. The SMILES string of the molecule is COc1cc(C(=O)N(C)OS(=O)(=O)c2ccccc2)c(OC)c2ccccc12. The van der Waals surface area contributed by atoms with E-state index < -0.39 is 16.0 Å². The summed E-state index contributed by atoms with van der Waals surface area (Å²) in [5.74, 6) is 0.0634. The van der Waals surface area contributed by atoms with Gasteiger partial charge in [0.05, 0.1) is 24.7 Å². The van der Waals surface area contributed by atoms with E-state index >= 15 is 0 Å². The van der Waals surface area contributed by atoms with Gasteiger partial charge in [0.25, 0.3) is 5.91 Å². The minimum atomic E-state index is -4.16. The second-order valence-corrected chi connectivity index (χ2v) is 7.38. The molecule has 0 fully saturated rings. The monoisotopic (exact) mass is 401 g/mol. The zero-order valence-corrected chi connectivity index (χ0v) is 16.4. The Kier molecular flexibility index (Phi) is 5.53. The maximum absolute atomic E-state index is 12.9. The Balaban J connectivity index is 2.01.